The van der Waals surface area contributed by atoms with Crippen LogP contribution in [0, 0.1) is 16.0 Å². The number of hydrogen-bond acceptors (Lipinski definition) is 3. The van der Waals surface area contributed by atoms with Crippen molar-refractivity contribution in [3.63, 3.8) is 0 Å². The van der Waals surface area contributed by atoms with Crippen molar-refractivity contribution in [2.45, 2.75) is 46.1 Å². The summed E-state index contributed by atoms with van der Waals surface area (Å²) in [5.74, 6) is 0.473. The summed E-state index contributed by atoms with van der Waals surface area (Å²) in [4.78, 5) is 10.3. The molecule has 0 spiro atoms. The molecule has 0 heterocycles. The average Bonchev–Trinajstić information content (AvgIpc) is 2.43. The Kier molecular flexibility index (Phi) is 6.96. The summed E-state index contributed by atoms with van der Waals surface area (Å²) in [5.41, 5.74) is 1.03. The molecule has 0 saturated carbocycles. The number of rotatable bonds is 8. The molecular formula is C15H23ClN2O2. The zero-order valence-electron chi connectivity index (χ0n) is 12.4. The molecular weight excluding hydrogens is 276 g/mol. The van der Waals surface area contributed by atoms with Gasteiger partial charge in [-0.1, -0.05) is 37.9 Å². The largest absolute Gasteiger partial charge is 0.314 e. The van der Waals surface area contributed by atoms with Crippen molar-refractivity contribution in [1.82, 2.24) is 5.32 Å². The molecule has 0 aliphatic heterocycles. The van der Waals surface area contributed by atoms with Crippen LogP contribution in [0.25, 0.3) is 0 Å². The molecule has 4 nitrogen and oxygen atoms in total. The van der Waals surface area contributed by atoms with E-state index < -0.39 is 4.92 Å². The molecule has 0 aliphatic carbocycles. The molecule has 0 bridgehead atoms. The molecule has 2 unspecified atom stereocenters. The summed E-state index contributed by atoms with van der Waals surface area (Å²) < 4.78 is 0. The van der Waals surface area contributed by atoms with E-state index in [9.17, 15) is 10.1 Å². The minimum absolute atomic E-state index is 0.0453. The first-order valence-electron chi connectivity index (χ1n) is 7.15. The molecule has 1 aromatic rings. The highest BCUT2D eigenvalue weighted by molar-refractivity contribution is 6.31. The third-order valence-corrected chi connectivity index (χ3v) is 4.03. The zero-order valence-corrected chi connectivity index (χ0v) is 13.1. The summed E-state index contributed by atoms with van der Waals surface area (Å²) in [6, 6.07) is 5.15. The van der Waals surface area contributed by atoms with Crippen LogP contribution in [-0.4, -0.2) is 17.5 Å². The van der Waals surface area contributed by atoms with Gasteiger partial charge in [0.15, 0.2) is 0 Å². The third kappa shape index (κ3) is 4.76. The quantitative estimate of drug-likeness (QED) is 0.578. The van der Waals surface area contributed by atoms with Crippen molar-refractivity contribution < 1.29 is 4.92 Å². The first-order valence-corrected chi connectivity index (χ1v) is 7.53. The van der Waals surface area contributed by atoms with Crippen molar-refractivity contribution in [3.05, 3.63) is 38.9 Å². The first-order chi connectivity index (χ1) is 9.49. The lowest BCUT2D eigenvalue weighted by atomic mass is 9.90. The maximum absolute atomic E-state index is 10.7. The van der Waals surface area contributed by atoms with Crippen LogP contribution >= 0.6 is 11.6 Å². The van der Waals surface area contributed by atoms with Crippen molar-refractivity contribution >= 4 is 17.3 Å². The second kappa shape index (κ2) is 8.22. The molecule has 112 valence electrons. The fourth-order valence-electron chi connectivity index (χ4n) is 2.31. The van der Waals surface area contributed by atoms with E-state index in [4.69, 9.17) is 11.6 Å². The predicted octanol–water partition coefficient (Wildman–Crippen LogP) is 4.21. The lowest BCUT2D eigenvalue weighted by Gasteiger charge is -2.24. The van der Waals surface area contributed by atoms with Crippen LogP contribution in [0.4, 0.5) is 5.69 Å². The second-order valence-electron chi connectivity index (χ2n) is 5.15. The molecule has 0 aromatic heterocycles. The topological polar surface area (TPSA) is 55.2 Å². The highest BCUT2D eigenvalue weighted by Crippen LogP contribution is 2.26. The number of halogens is 1. The first kappa shape index (κ1) is 16.9. The molecule has 0 aliphatic rings. The van der Waals surface area contributed by atoms with Crippen molar-refractivity contribution in [3.8, 4) is 0 Å². The van der Waals surface area contributed by atoms with Gasteiger partial charge in [-0.2, -0.15) is 0 Å². The monoisotopic (exact) mass is 298 g/mol. The summed E-state index contributed by atoms with van der Waals surface area (Å²) in [7, 11) is 0. The van der Waals surface area contributed by atoms with Gasteiger partial charge in [-0.15, -0.1) is 0 Å². The van der Waals surface area contributed by atoms with Gasteiger partial charge in [0.05, 0.1) is 9.95 Å². The molecule has 1 rings (SSSR count). The van der Waals surface area contributed by atoms with Crippen LogP contribution in [0.3, 0.4) is 0 Å². The van der Waals surface area contributed by atoms with E-state index in [0.29, 0.717) is 17.0 Å². The SMILES string of the molecule is CCCNC(C)C(CC)Cc1ccc([N+](=O)[O-])cc1Cl. The molecule has 0 amide bonds. The number of nitrogens with one attached hydrogen (secondary N) is 1. The number of nitro benzene ring substituents is 1. The Morgan fingerprint density at radius 1 is 1.40 bits per heavy atom. The minimum Gasteiger partial charge on any atom is -0.314 e. The Morgan fingerprint density at radius 2 is 2.10 bits per heavy atom. The normalized spacial score (nSPS) is 14.0. The maximum atomic E-state index is 10.7. The predicted molar refractivity (Wildman–Crippen MR) is 83.3 cm³/mol. The van der Waals surface area contributed by atoms with E-state index >= 15 is 0 Å². The van der Waals surface area contributed by atoms with Gasteiger partial charge in [-0.3, -0.25) is 10.1 Å². The standard InChI is InChI=1S/C15H23ClN2O2/c1-4-8-17-11(3)12(5-2)9-13-6-7-14(18(19)20)10-15(13)16/h6-7,10-12,17H,4-5,8-9H2,1-3H3. The molecule has 1 N–H and O–H groups in total. The van der Waals surface area contributed by atoms with Crippen LogP contribution in [0.1, 0.15) is 39.2 Å². The summed E-state index contributed by atoms with van der Waals surface area (Å²) in [6.07, 6.45) is 3.00. The highest BCUT2D eigenvalue weighted by atomic mass is 35.5. The van der Waals surface area contributed by atoms with Crippen molar-refractivity contribution in [2.75, 3.05) is 6.54 Å². The van der Waals surface area contributed by atoms with Gasteiger partial charge >= 0.3 is 0 Å². The summed E-state index contributed by atoms with van der Waals surface area (Å²) >= 11 is 6.16. The molecule has 20 heavy (non-hydrogen) atoms. The second-order valence-corrected chi connectivity index (χ2v) is 5.56. The molecule has 1 aromatic carbocycles. The number of non-ortho nitro benzene ring substituents is 1. The van der Waals surface area contributed by atoms with E-state index in [0.717, 1.165) is 31.4 Å². The van der Waals surface area contributed by atoms with Gasteiger partial charge in [0.2, 0.25) is 0 Å². The Morgan fingerprint density at radius 3 is 2.60 bits per heavy atom. The Labute approximate surface area is 125 Å². The Hall–Kier alpha value is -1.13. The molecule has 0 radical (unpaired) electrons. The number of nitro groups is 1. The van der Waals surface area contributed by atoms with Gasteiger partial charge in [-0.25, -0.2) is 0 Å². The molecule has 0 fully saturated rings. The molecule has 5 heteroatoms. The maximum Gasteiger partial charge on any atom is 0.270 e. The van der Waals surface area contributed by atoms with E-state index in [1.165, 1.54) is 12.1 Å². The van der Waals surface area contributed by atoms with Gasteiger partial charge in [-0.05, 0) is 37.8 Å². The van der Waals surface area contributed by atoms with Crippen LogP contribution in [0.2, 0.25) is 5.02 Å². The molecule has 0 saturated heterocycles. The van der Waals surface area contributed by atoms with Gasteiger partial charge < -0.3 is 5.32 Å². The summed E-state index contributed by atoms with van der Waals surface area (Å²) in [6.45, 7) is 7.50. The fourth-order valence-corrected chi connectivity index (χ4v) is 2.56. The smallest absolute Gasteiger partial charge is 0.270 e. The minimum atomic E-state index is -0.418. The fraction of sp³-hybridized carbons (Fsp3) is 0.600. The number of benzene rings is 1. The third-order valence-electron chi connectivity index (χ3n) is 3.68. The van der Waals surface area contributed by atoms with Crippen LogP contribution in [0.15, 0.2) is 18.2 Å². The van der Waals surface area contributed by atoms with Crippen molar-refractivity contribution in [2.24, 2.45) is 5.92 Å². The van der Waals surface area contributed by atoms with E-state index in [1.807, 2.05) is 0 Å². The Balaban J connectivity index is 2.77. The lowest BCUT2D eigenvalue weighted by Crippen LogP contribution is -2.34. The summed E-state index contributed by atoms with van der Waals surface area (Å²) in [5, 5.41) is 14.7. The van der Waals surface area contributed by atoms with Crippen LogP contribution in [-0.2, 0) is 6.42 Å². The van der Waals surface area contributed by atoms with E-state index in [2.05, 4.69) is 26.1 Å². The van der Waals surface area contributed by atoms with Crippen molar-refractivity contribution in [1.29, 1.82) is 0 Å². The van der Waals surface area contributed by atoms with E-state index in [1.54, 1.807) is 6.07 Å². The molecule has 2 atom stereocenters. The van der Waals surface area contributed by atoms with Gasteiger partial charge in [0.25, 0.3) is 5.69 Å². The Bertz CT molecular complexity index is 451. The zero-order chi connectivity index (χ0) is 15.1. The highest BCUT2D eigenvalue weighted by Gasteiger charge is 2.18. The van der Waals surface area contributed by atoms with Crippen LogP contribution < -0.4 is 5.32 Å². The number of hydrogen-bond donors (Lipinski definition) is 1. The van der Waals surface area contributed by atoms with Gasteiger partial charge in [0, 0.05) is 18.2 Å². The average molecular weight is 299 g/mol. The van der Waals surface area contributed by atoms with Gasteiger partial charge in [0.1, 0.15) is 0 Å². The number of nitrogens with zero attached hydrogens (tertiary/aromatic N) is 1. The van der Waals surface area contributed by atoms with E-state index in [-0.39, 0.29) is 5.69 Å². The van der Waals surface area contributed by atoms with Crippen LogP contribution in [0.5, 0.6) is 0 Å². The lowest BCUT2D eigenvalue weighted by molar-refractivity contribution is -0.384.